The number of aromatic nitrogens is 1. The Morgan fingerprint density at radius 2 is 1.00 bits per heavy atom. The van der Waals surface area contributed by atoms with Crippen molar-refractivity contribution in [3.05, 3.63) is 87.2 Å². The average Bonchev–Trinajstić information content (AvgIpc) is 2.80. The van der Waals surface area contributed by atoms with E-state index in [4.69, 9.17) is 26.6 Å². The molecular weight excluding hydrogens is 524 g/mol. The first-order chi connectivity index (χ1) is 15.1. The van der Waals surface area contributed by atoms with Gasteiger partial charge in [0.1, 0.15) is 0 Å². The summed E-state index contributed by atoms with van der Waals surface area (Å²) < 4.78 is 0. The fraction of sp³-hybridized carbons (Fsp3) is 0.296. The van der Waals surface area contributed by atoms with Crippen molar-refractivity contribution in [2.75, 3.05) is 0 Å². The molecule has 1 aromatic heterocycles. The number of halogens is 3. The fourth-order valence-corrected chi connectivity index (χ4v) is 3.92. The summed E-state index contributed by atoms with van der Waals surface area (Å²) in [5.74, 6) is 0. The molecule has 0 saturated carbocycles. The first-order valence-electron chi connectivity index (χ1n) is 11.1. The minimum atomic E-state index is 0. The summed E-state index contributed by atoms with van der Waals surface area (Å²) in [6.45, 7) is 8.61. The van der Waals surface area contributed by atoms with Crippen LogP contribution in [-0.4, -0.2) is 17.4 Å². The van der Waals surface area contributed by atoms with E-state index in [-0.39, 0.29) is 43.4 Å². The van der Waals surface area contributed by atoms with Crippen LogP contribution in [0.4, 0.5) is 11.4 Å². The Morgan fingerprint density at radius 1 is 0.676 bits per heavy atom. The van der Waals surface area contributed by atoms with E-state index >= 15 is 0 Å². The maximum Gasteiger partial charge on any atom is 2.00 e. The Hall–Kier alpha value is -1.62. The van der Waals surface area contributed by atoms with Crippen LogP contribution in [0.5, 0.6) is 0 Å². The number of hydrogen-bond acceptors (Lipinski definition) is 3. The molecule has 179 valence electrons. The third-order valence-electron chi connectivity index (χ3n) is 5.41. The van der Waals surface area contributed by atoms with E-state index in [1.165, 1.54) is 22.3 Å². The van der Waals surface area contributed by atoms with Crippen LogP contribution < -0.4 is 24.8 Å². The van der Waals surface area contributed by atoms with E-state index in [1.807, 2.05) is 12.1 Å². The van der Waals surface area contributed by atoms with Crippen LogP contribution in [0.3, 0.4) is 0 Å². The molecule has 3 rings (SSSR count). The molecule has 0 bridgehead atoms. The van der Waals surface area contributed by atoms with E-state index in [0.717, 1.165) is 48.4 Å². The van der Waals surface area contributed by atoms with Crippen molar-refractivity contribution < 1.29 is 43.4 Å². The number of para-hydroxylation sites is 2. The van der Waals surface area contributed by atoms with Gasteiger partial charge in [-0.3, -0.25) is 9.98 Å². The molecule has 34 heavy (non-hydrogen) atoms. The van der Waals surface area contributed by atoms with Crippen molar-refractivity contribution in [1.82, 2.24) is 4.98 Å². The van der Waals surface area contributed by atoms with E-state index in [1.54, 1.807) is 12.4 Å². The Balaban J connectivity index is 0.00000363. The molecule has 3 aromatic rings. The minimum absolute atomic E-state index is 0. The number of hydrogen-bond donors (Lipinski definition) is 0. The fourth-order valence-electron chi connectivity index (χ4n) is 3.69. The van der Waals surface area contributed by atoms with Gasteiger partial charge in [0, 0.05) is 5.02 Å². The number of benzene rings is 2. The molecule has 0 aliphatic carbocycles. The molecule has 1 radical (unpaired) electrons. The normalized spacial score (nSPS) is 10.6. The summed E-state index contributed by atoms with van der Waals surface area (Å²) in [6.07, 6.45) is 7.37. The number of nitrogens with zero attached hydrogens (tertiary/aromatic N) is 3. The topological polar surface area (TPSA) is 37.6 Å². The molecule has 0 fully saturated rings. The molecule has 0 N–H and O–H groups in total. The van der Waals surface area contributed by atoms with Crippen molar-refractivity contribution in [2.45, 2.75) is 53.4 Å². The van der Waals surface area contributed by atoms with Gasteiger partial charge in [0.05, 0.1) is 35.2 Å². The summed E-state index contributed by atoms with van der Waals surface area (Å²) in [6, 6.07) is 16.4. The van der Waals surface area contributed by atoms with Crippen molar-refractivity contribution in [3.8, 4) is 0 Å². The van der Waals surface area contributed by atoms with Gasteiger partial charge in [-0.25, -0.2) is 4.98 Å². The van der Waals surface area contributed by atoms with Gasteiger partial charge in [-0.2, -0.15) is 0 Å². The molecule has 2 aromatic carbocycles. The van der Waals surface area contributed by atoms with Crippen LogP contribution in [0.15, 0.2) is 58.5 Å². The SMILES string of the molecule is CCc1cccc(CC)c1N=Cc1cc(Cl)cc(C=Nc2c(CC)cccc2CC)n1.[Cl-].[Cl-].[V+2]. The maximum absolute atomic E-state index is 6.38. The van der Waals surface area contributed by atoms with Gasteiger partial charge in [-0.15, -0.1) is 0 Å². The quantitative estimate of drug-likeness (QED) is 0.390. The Kier molecular flexibility index (Phi) is 15.4. The van der Waals surface area contributed by atoms with E-state index in [0.29, 0.717) is 5.02 Å². The van der Waals surface area contributed by atoms with Crippen LogP contribution in [0, 0.1) is 0 Å². The van der Waals surface area contributed by atoms with Crippen LogP contribution in [0.2, 0.25) is 5.02 Å². The Bertz CT molecular complexity index is 986. The van der Waals surface area contributed by atoms with Crippen LogP contribution in [0.25, 0.3) is 0 Å². The molecule has 0 saturated heterocycles. The van der Waals surface area contributed by atoms with Gasteiger partial charge in [-0.1, -0.05) is 75.7 Å². The molecule has 0 unspecified atom stereocenters. The van der Waals surface area contributed by atoms with E-state index in [2.05, 4.69) is 64.1 Å². The molecule has 3 nitrogen and oxygen atoms in total. The molecule has 0 amide bonds. The predicted molar refractivity (Wildman–Crippen MR) is 134 cm³/mol. The first-order valence-corrected chi connectivity index (χ1v) is 11.4. The van der Waals surface area contributed by atoms with E-state index < -0.39 is 0 Å². The summed E-state index contributed by atoms with van der Waals surface area (Å²) >= 11 is 6.38. The zero-order chi connectivity index (χ0) is 22.2. The molecule has 0 spiro atoms. The molecule has 1 heterocycles. The Labute approximate surface area is 233 Å². The van der Waals surface area contributed by atoms with Gasteiger partial charge >= 0.3 is 18.6 Å². The van der Waals surface area contributed by atoms with Gasteiger partial charge in [0.2, 0.25) is 0 Å². The van der Waals surface area contributed by atoms with Gasteiger partial charge in [0.25, 0.3) is 0 Å². The average molecular weight is 554 g/mol. The molecule has 0 aliphatic rings. The second kappa shape index (κ2) is 16.1. The predicted octanol–water partition coefficient (Wildman–Crippen LogP) is 1.49. The van der Waals surface area contributed by atoms with E-state index in [9.17, 15) is 0 Å². The largest absolute Gasteiger partial charge is 2.00 e. The van der Waals surface area contributed by atoms with Crippen molar-refractivity contribution in [2.24, 2.45) is 9.98 Å². The third-order valence-corrected chi connectivity index (χ3v) is 5.63. The third kappa shape index (κ3) is 8.25. The van der Waals surface area contributed by atoms with Crippen LogP contribution in [0.1, 0.15) is 61.3 Å². The minimum Gasteiger partial charge on any atom is -1.00 e. The van der Waals surface area contributed by atoms with Crippen LogP contribution >= 0.6 is 11.6 Å². The number of aliphatic imine (C=N–C) groups is 2. The second-order valence-corrected chi connectivity index (χ2v) is 7.85. The van der Waals surface area contributed by atoms with Crippen molar-refractivity contribution >= 4 is 35.4 Å². The Morgan fingerprint density at radius 3 is 1.29 bits per heavy atom. The summed E-state index contributed by atoms with van der Waals surface area (Å²) in [5, 5.41) is 0.622. The molecule has 0 atom stereocenters. The zero-order valence-corrected chi connectivity index (χ0v) is 23.7. The van der Waals surface area contributed by atoms with Gasteiger partial charge in [-0.05, 0) is 60.1 Å². The standard InChI is InChI=1S/C27H30ClN3.2ClH.V/c1-5-19-11-9-12-20(6-2)26(19)29-17-24-15-23(28)16-25(31-24)18-30-27-21(7-3)13-10-14-22(27)8-4;;;/h9-18H,5-8H2,1-4H3;2*1H;/q;;;+2/p-2. The van der Waals surface area contributed by atoms with Crippen LogP contribution in [-0.2, 0) is 44.2 Å². The second-order valence-electron chi connectivity index (χ2n) is 7.42. The number of pyridine rings is 1. The summed E-state index contributed by atoms with van der Waals surface area (Å²) in [5.41, 5.74) is 8.47. The van der Waals surface area contributed by atoms with Gasteiger partial charge in [0.15, 0.2) is 0 Å². The zero-order valence-electron chi connectivity index (χ0n) is 20.0. The maximum atomic E-state index is 6.38. The monoisotopic (exact) mass is 552 g/mol. The molecule has 0 aliphatic heterocycles. The molecular formula is C27H30Cl3N3V. The van der Waals surface area contributed by atoms with Gasteiger partial charge < -0.3 is 24.8 Å². The first kappa shape index (κ1) is 32.4. The summed E-state index contributed by atoms with van der Waals surface area (Å²) in [7, 11) is 0. The summed E-state index contributed by atoms with van der Waals surface area (Å²) in [4.78, 5) is 14.3. The number of rotatable bonds is 8. The van der Waals surface area contributed by atoms with Crippen molar-refractivity contribution in [3.63, 3.8) is 0 Å². The molecule has 7 heteroatoms. The van der Waals surface area contributed by atoms with Crippen molar-refractivity contribution in [1.29, 1.82) is 0 Å². The smallest absolute Gasteiger partial charge is 1.00 e. The number of aryl methyl sites for hydroxylation is 4.